The lowest BCUT2D eigenvalue weighted by Gasteiger charge is -2.24. The Morgan fingerprint density at radius 3 is 2.38 bits per heavy atom. The first-order chi connectivity index (χ1) is 7.09. The average Bonchev–Trinajstić information content (AvgIpc) is 2.46. The minimum Gasteiger partial charge on any atom is -0.387 e. The van der Waals surface area contributed by atoms with Gasteiger partial charge in [-0.2, -0.15) is 13.2 Å². The number of hydrogen-bond acceptors (Lipinski definition) is 3. The molecule has 16 heavy (non-hydrogen) atoms. The number of halogens is 3. The van der Waals surface area contributed by atoms with E-state index < -0.39 is 24.1 Å². The maximum Gasteiger partial charge on any atom is 0.395 e. The van der Waals surface area contributed by atoms with Crippen LogP contribution in [-0.2, 0) is 6.42 Å². The highest BCUT2D eigenvalue weighted by molar-refractivity contribution is 7.11. The number of rotatable bonds is 2. The lowest BCUT2D eigenvalue weighted by molar-refractivity contribution is -0.127. The third-order valence-corrected chi connectivity index (χ3v) is 3.06. The van der Waals surface area contributed by atoms with Crippen molar-refractivity contribution >= 4 is 11.3 Å². The van der Waals surface area contributed by atoms with E-state index in [-0.39, 0.29) is 5.01 Å². The molecule has 0 amide bonds. The minimum absolute atomic E-state index is 0.00852. The number of nitrogens with zero attached hydrogens (tertiary/aromatic N) is 1. The van der Waals surface area contributed by atoms with Crippen molar-refractivity contribution in [3.63, 3.8) is 0 Å². The normalized spacial score (nSPS) is 15.2. The van der Waals surface area contributed by atoms with E-state index >= 15 is 0 Å². The number of aliphatic hydroxyl groups excluding tert-OH is 1. The van der Waals surface area contributed by atoms with Gasteiger partial charge in [0, 0.05) is 6.20 Å². The summed E-state index contributed by atoms with van der Waals surface area (Å²) in [5.41, 5.74) is -0.401. The second-order valence-corrected chi connectivity index (χ2v) is 5.86. The van der Waals surface area contributed by atoms with Crippen molar-refractivity contribution in [3.8, 4) is 0 Å². The maximum absolute atomic E-state index is 12.1. The minimum atomic E-state index is -4.25. The Hall–Kier alpha value is -0.620. The fraction of sp³-hybridized carbons (Fsp3) is 0.700. The van der Waals surface area contributed by atoms with E-state index in [1.165, 1.54) is 6.20 Å². The van der Waals surface area contributed by atoms with Gasteiger partial charge in [-0.25, -0.2) is 4.98 Å². The van der Waals surface area contributed by atoms with Crippen molar-refractivity contribution in [2.75, 3.05) is 0 Å². The summed E-state index contributed by atoms with van der Waals surface area (Å²) in [6.45, 7) is 5.46. The quantitative estimate of drug-likeness (QED) is 0.877. The first kappa shape index (κ1) is 13.4. The number of aromatic nitrogens is 1. The molecule has 1 unspecified atom stereocenters. The molecular weight excluding hydrogens is 239 g/mol. The summed E-state index contributed by atoms with van der Waals surface area (Å²) in [6, 6.07) is 0. The Balaban J connectivity index is 2.80. The Bertz CT molecular complexity index is 354. The highest BCUT2D eigenvalue weighted by Crippen LogP contribution is 2.36. The van der Waals surface area contributed by atoms with E-state index in [0.717, 1.165) is 11.3 Å². The van der Waals surface area contributed by atoms with Crippen molar-refractivity contribution in [2.45, 2.75) is 39.5 Å². The fourth-order valence-corrected chi connectivity index (χ4v) is 2.31. The summed E-state index contributed by atoms with van der Waals surface area (Å²) in [7, 11) is 0. The predicted octanol–water partition coefficient (Wildman–Crippen LogP) is 3.33. The molecule has 0 spiro atoms. The van der Waals surface area contributed by atoms with Crippen LogP contribution in [0.25, 0.3) is 0 Å². The summed E-state index contributed by atoms with van der Waals surface area (Å²) in [6.07, 6.45) is -4.75. The van der Waals surface area contributed by atoms with Crippen LogP contribution < -0.4 is 0 Å². The van der Waals surface area contributed by atoms with E-state index in [9.17, 15) is 18.3 Å². The molecule has 0 saturated carbocycles. The molecule has 1 atom stereocenters. The van der Waals surface area contributed by atoms with E-state index in [0.29, 0.717) is 4.88 Å². The molecule has 1 heterocycles. The summed E-state index contributed by atoms with van der Waals surface area (Å²) in [5.74, 6) is 0. The number of aliphatic hydroxyl groups is 1. The lowest BCUT2D eigenvalue weighted by atomic mass is 9.89. The van der Waals surface area contributed by atoms with Crippen LogP contribution in [0.1, 0.15) is 36.8 Å². The van der Waals surface area contributed by atoms with Crippen LogP contribution in [0.4, 0.5) is 13.2 Å². The molecule has 92 valence electrons. The van der Waals surface area contributed by atoms with Crippen molar-refractivity contribution in [1.29, 1.82) is 0 Å². The Labute approximate surface area is 96.1 Å². The molecule has 1 aromatic rings. The highest BCUT2D eigenvalue weighted by Gasteiger charge is 2.31. The molecular formula is C10H14F3NOS. The van der Waals surface area contributed by atoms with E-state index in [4.69, 9.17) is 0 Å². The molecule has 0 aliphatic heterocycles. The third-order valence-electron chi connectivity index (χ3n) is 2.01. The Kier molecular flexibility index (Phi) is 3.64. The van der Waals surface area contributed by atoms with Gasteiger partial charge in [0.05, 0.1) is 17.4 Å². The molecule has 1 rings (SSSR count). The molecule has 1 N–H and O–H groups in total. The summed E-state index contributed by atoms with van der Waals surface area (Å²) >= 11 is 0.914. The molecule has 6 heteroatoms. The van der Waals surface area contributed by atoms with Gasteiger partial charge in [-0.15, -0.1) is 11.3 Å². The van der Waals surface area contributed by atoms with Crippen molar-refractivity contribution in [1.82, 2.24) is 4.98 Å². The van der Waals surface area contributed by atoms with Crippen LogP contribution in [0, 0.1) is 5.41 Å². The van der Waals surface area contributed by atoms with Gasteiger partial charge in [0.25, 0.3) is 0 Å². The molecule has 0 fully saturated rings. The zero-order valence-corrected chi connectivity index (χ0v) is 10.1. The van der Waals surface area contributed by atoms with Crippen LogP contribution >= 0.6 is 11.3 Å². The molecule has 0 bridgehead atoms. The van der Waals surface area contributed by atoms with Crippen LogP contribution in [0.5, 0.6) is 0 Å². The average molecular weight is 253 g/mol. The first-order valence-electron chi connectivity index (χ1n) is 4.79. The second kappa shape index (κ2) is 4.33. The van der Waals surface area contributed by atoms with Gasteiger partial charge in [-0.1, -0.05) is 20.8 Å². The van der Waals surface area contributed by atoms with Crippen LogP contribution in [-0.4, -0.2) is 16.3 Å². The lowest BCUT2D eigenvalue weighted by Crippen LogP contribution is -2.16. The molecule has 0 aromatic carbocycles. The van der Waals surface area contributed by atoms with Crippen molar-refractivity contribution in [3.05, 3.63) is 16.1 Å². The van der Waals surface area contributed by atoms with Crippen molar-refractivity contribution < 1.29 is 18.3 Å². The van der Waals surface area contributed by atoms with Gasteiger partial charge in [-0.3, -0.25) is 0 Å². The SMILES string of the molecule is CC(C)(C)C(O)c1cnc(CC(F)(F)F)s1. The standard InChI is InChI=1S/C10H14F3NOS/c1-9(2,3)8(15)6-5-14-7(16-6)4-10(11,12)13/h5,8,15H,4H2,1-3H3. The molecule has 0 aliphatic carbocycles. The second-order valence-electron chi connectivity index (χ2n) is 4.72. The Morgan fingerprint density at radius 2 is 1.94 bits per heavy atom. The van der Waals surface area contributed by atoms with Crippen molar-refractivity contribution in [2.24, 2.45) is 5.41 Å². The largest absolute Gasteiger partial charge is 0.395 e. The Morgan fingerprint density at radius 1 is 1.38 bits per heavy atom. The number of thiazole rings is 1. The van der Waals surface area contributed by atoms with Crippen LogP contribution in [0.3, 0.4) is 0 Å². The highest BCUT2D eigenvalue weighted by atomic mass is 32.1. The van der Waals surface area contributed by atoms with E-state index in [2.05, 4.69) is 4.98 Å². The summed E-state index contributed by atoms with van der Waals surface area (Å²) in [5, 5.41) is 9.85. The molecule has 0 aliphatic rings. The summed E-state index contributed by atoms with van der Waals surface area (Å²) in [4.78, 5) is 4.15. The van der Waals surface area contributed by atoms with Crippen LogP contribution in [0.15, 0.2) is 6.20 Å². The third kappa shape index (κ3) is 3.75. The maximum atomic E-state index is 12.1. The fourth-order valence-electron chi connectivity index (χ4n) is 1.13. The number of alkyl halides is 3. The molecule has 2 nitrogen and oxygen atoms in total. The summed E-state index contributed by atoms with van der Waals surface area (Å²) < 4.78 is 36.3. The first-order valence-corrected chi connectivity index (χ1v) is 5.60. The van der Waals surface area contributed by atoms with Gasteiger partial charge in [0.2, 0.25) is 0 Å². The van der Waals surface area contributed by atoms with E-state index in [1.54, 1.807) is 0 Å². The molecule has 1 aromatic heterocycles. The topological polar surface area (TPSA) is 33.1 Å². The zero-order chi connectivity index (χ0) is 12.6. The number of hydrogen-bond donors (Lipinski definition) is 1. The zero-order valence-electron chi connectivity index (χ0n) is 9.30. The van der Waals surface area contributed by atoms with Gasteiger partial charge in [0.1, 0.15) is 5.01 Å². The van der Waals surface area contributed by atoms with Crippen LogP contribution in [0.2, 0.25) is 0 Å². The van der Waals surface area contributed by atoms with Gasteiger partial charge in [-0.05, 0) is 5.41 Å². The smallest absolute Gasteiger partial charge is 0.387 e. The molecule has 0 radical (unpaired) electrons. The predicted molar refractivity (Wildman–Crippen MR) is 56.3 cm³/mol. The van der Waals surface area contributed by atoms with E-state index in [1.807, 2.05) is 20.8 Å². The molecule has 0 saturated heterocycles. The van der Waals surface area contributed by atoms with Gasteiger partial charge in [0.15, 0.2) is 0 Å². The van der Waals surface area contributed by atoms with Gasteiger partial charge < -0.3 is 5.11 Å². The van der Waals surface area contributed by atoms with Gasteiger partial charge >= 0.3 is 6.18 Å². The monoisotopic (exact) mass is 253 g/mol.